The van der Waals surface area contributed by atoms with Gasteiger partial charge in [0.2, 0.25) is 0 Å². The summed E-state index contributed by atoms with van der Waals surface area (Å²) in [5.41, 5.74) is 6.39. The van der Waals surface area contributed by atoms with E-state index in [9.17, 15) is 10.2 Å². The molecule has 2 atom stereocenters. The quantitative estimate of drug-likeness (QED) is 0.170. The van der Waals surface area contributed by atoms with E-state index in [2.05, 4.69) is 79.7 Å². The van der Waals surface area contributed by atoms with Crippen molar-refractivity contribution in [3.63, 3.8) is 0 Å². The van der Waals surface area contributed by atoms with Crippen LogP contribution >= 0.6 is 0 Å². The maximum Gasteiger partial charge on any atom is 2.00 e. The van der Waals surface area contributed by atoms with Crippen LogP contribution in [0, 0.1) is 23.7 Å². The van der Waals surface area contributed by atoms with E-state index in [1.165, 1.54) is 11.1 Å². The third-order valence-corrected chi connectivity index (χ3v) is 8.79. The summed E-state index contributed by atoms with van der Waals surface area (Å²) in [4.78, 5) is 27.7. The van der Waals surface area contributed by atoms with Gasteiger partial charge in [-0.3, -0.25) is 9.98 Å². The Morgan fingerprint density at radius 2 is 0.923 bits per heavy atom. The fraction of sp³-hybridized carbons (Fsp3) is 0.628. The molecule has 52 heavy (non-hydrogen) atoms. The Labute approximate surface area is 324 Å². The van der Waals surface area contributed by atoms with E-state index < -0.39 is 11.9 Å². The van der Waals surface area contributed by atoms with Crippen LogP contribution in [0.25, 0.3) is 0 Å². The summed E-state index contributed by atoms with van der Waals surface area (Å²) in [7, 11) is 0. The number of phenolic OH excluding ortho intramolecular Hbond substituents is 2. The van der Waals surface area contributed by atoms with Crippen molar-refractivity contribution in [2.75, 3.05) is 0 Å². The summed E-state index contributed by atoms with van der Waals surface area (Å²) in [5.74, 6) is 1.12. The van der Waals surface area contributed by atoms with Crippen LogP contribution in [0.15, 0.2) is 34.3 Å². The van der Waals surface area contributed by atoms with E-state index >= 15 is 0 Å². The summed E-state index contributed by atoms with van der Waals surface area (Å²) < 4.78 is 0. The van der Waals surface area contributed by atoms with Gasteiger partial charge in [-0.15, -0.1) is 0 Å². The van der Waals surface area contributed by atoms with Gasteiger partial charge in [0.1, 0.15) is 11.5 Å². The first kappa shape index (κ1) is 48.8. The molecule has 0 saturated heterocycles. The van der Waals surface area contributed by atoms with Crippen LogP contribution < -0.4 is 10.2 Å². The van der Waals surface area contributed by atoms with Gasteiger partial charge in [-0.25, -0.2) is 0 Å². The smallest absolute Gasteiger partial charge is 0.550 e. The van der Waals surface area contributed by atoms with Crippen LogP contribution in [-0.4, -0.2) is 46.7 Å². The fourth-order valence-corrected chi connectivity index (χ4v) is 5.82. The van der Waals surface area contributed by atoms with Crippen molar-refractivity contribution in [1.82, 2.24) is 0 Å². The number of aryl methyl sites for hydroxylation is 4. The van der Waals surface area contributed by atoms with Crippen molar-refractivity contribution in [3.8, 4) is 11.5 Å². The molecule has 2 N–H and O–H groups in total. The summed E-state index contributed by atoms with van der Waals surface area (Å²) in [6, 6.07) is 9.09. The van der Waals surface area contributed by atoms with Gasteiger partial charge >= 0.3 is 16.8 Å². The SMILES string of the molecule is CC(=O)[O-].CC(=O)[O-].CC(C)CCc1cc(C=NC2CCC(N=Cc3cc(CCC(C)C)cc(CCC(C)C)c3O)C2)c(O)c(CCC(C)C)c1.[Co+2]. The number of aliphatic imine (C=N–C) groups is 2. The van der Waals surface area contributed by atoms with Gasteiger partial charge in [0.15, 0.2) is 0 Å². The van der Waals surface area contributed by atoms with Crippen molar-refractivity contribution < 1.29 is 46.8 Å². The summed E-state index contributed by atoms with van der Waals surface area (Å²) in [6.45, 7) is 19.9. The number of aromatic hydroxyl groups is 2. The van der Waals surface area contributed by atoms with Crippen LogP contribution in [-0.2, 0) is 52.1 Å². The molecule has 0 amide bonds. The maximum absolute atomic E-state index is 11.1. The molecule has 0 spiro atoms. The molecule has 0 aliphatic heterocycles. The largest absolute Gasteiger partial charge is 2.00 e. The Kier molecular flexibility index (Phi) is 24.2. The number of nitrogens with zero attached hydrogens (tertiary/aromatic N) is 2. The fourth-order valence-electron chi connectivity index (χ4n) is 5.82. The first-order valence-electron chi connectivity index (χ1n) is 19.0. The minimum Gasteiger partial charge on any atom is -0.550 e. The number of phenols is 2. The van der Waals surface area contributed by atoms with Crippen molar-refractivity contribution in [2.45, 2.75) is 152 Å². The van der Waals surface area contributed by atoms with Crippen LogP contribution in [0.2, 0.25) is 0 Å². The molecule has 0 bridgehead atoms. The number of carbonyl (C=O) groups is 2. The Balaban J connectivity index is 0.00000261. The molecule has 2 aromatic rings. The summed E-state index contributed by atoms with van der Waals surface area (Å²) in [6.07, 6.45) is 15.0. The molecule has 293 valence electrons. The number of hydrogen-bond acceptors (Lipinski definition) is 8. The van der Waals surface area contributed by atoms with Gasteiger partial charge in [-0.2, -0.15) is 0 Å². The molecule has 1 aliphatic carbocycles. The molecule has 8 nitrogen and oxygen atoms in total. The maximum atomic E-state index is 11.1. The van der Waals surface area contributed by atoms with Crippen molar-refractivity contribution >= 4 is 24.4 Å². The van der Waals surface area contributed by atoms with Crippen molar-refractivity contribution in [2.24, 2.45) is 33.7 Å². The van der Waals surface area contributed by atoms with E-state index in [-0.39, 0.29) is 28.9 Å². The first-order valence-corrected chi connectivity index (χ1v) is 19.0. The van der Waals surface area contributed by atoms with Gasteiger partial charge in [0, 0.05) is 35.5 Å². The zero-order valence-electron chi connectivity index (χ0n) is 33.5. The Bertz CT molecular complexity index is 1300. The summed E-state index contributed by atoms with van der Waals surface area (Å²) in [5, 5.41) is 40.0. The number of carbonyl (C=O) groups excluding carboxylic acids is 2. The number of rotatable bonds is 16. The normalized spacial score (nSPS) is 15.6. The zero-order valence-corrected chi connectivity index (χ0v) is 34.5. The number of carboxylic acids is 2. The number of benzene rings is 2. The van der Waals surface area contributed by atoms with Gasteiger partial charge in [0.05, 0.1) is 12.1 Å². The van der Waals surface area contributed by atoms with Gasteiger partial charge in [-0.05, 0) is 143 Å². The predicted molar refractivity (Wildman–Crippen MR) is 207 cm³/mol. The second kappa shape index (κ2) is 25.7. The molecule has 2 aromatic carbocycles. The summed E-state index contributed by atoms with van der Waals surface area (Å²) >= 11 is 0. The molecule has 9 heteroatoms. The standard InChI is InChI=1S/C39H60N2O2.2C2H4O2.Co/c1-26(2)9-13-30-19-32(15-11-28(5)6)38(42)34(21-30)24-40-36-17-18-37(23-36)41-25-35-22-31(14-10-27(3)4)20-33(39(35)43)16-12-29(7)8;2*1-2(3)4;/h19-22,24-29,36-37,42-43H,9-18,23H2,1-8H3;2*1H3,(H,3,4);/q;;;+2/p-2. The van der Waals surface area contributed by atoms with E-state index in [4.69, 9.17) is 29.8 Å². The topological polar surface area (TPSA) is 145 Å². The molecule has 2 unspecified atom stereocenters. The van der Waals surface area contributed by atoms with Crippen LogP contribution in [0.3, 0.4) is 0 Å². The third-order valence-electron chi connectivity index (χ3n) is 8.79. The average molecular weight is 766 g/mol. The van der Waals surface area contributed by atoms with Gasteiger partial charge in [0.25, 0.3) is 0 Å². The molecule has 1 radical (unpaired) electrons. The van der Waals surface area contributed by atoms with Crippen molar-refractivity contribution in [1.29, 1.82) is 0 Å². The van der Waals surface area contributed by atoms with Gasteiger partial charge < -0.3 is 30.0 Å². The molecule has 0 aromatic heterocycles. The molecule has 1 fully saturated rings. The Morgan fingerprint density at radius 3 is 1.21 bits per heavy atom. The average Bonchev–Trinajstić information content (AvgIpc) is 3.48. The van der Waals surface area contributed by atoms with E-state index in [0.717, 1.165) is 107 Å². The first-order chi connectivity index (χ1) is 23.9. The van der Waals surface area contributed by atoms with E-state index in [0.29, 0.717) is 35.2 Å². The predicted octanol–water partition coefficient (Wildman–Crippen LogP) is 7.42. The second-order valence-corrected chi connectivity index (χ2v) is 15.8. The van der Waals surface area contributed by atoms with Crippen LogP contribution in [0.1, 0.15) is 148 Å². The molecular formula is C43H66CoN2O6. The molecule has 1 saturated carbocycles. The number of carboxylic acid groups (broad SMARTS) is 2. The Hall–Kier alpha value is -3.17. The molecule has 3 rings (SSSR count). The molecule has 1 aliphatic rings. The number of aliphatic carboxylic acids is 2. The van der Waals surface area contributed by atoms with E-state index in [1.54, 1.807) is 0 Å². The second-order valence-electron chi connectivity index (χ2n) is 15.8. The van der Waals surface area contributed by atoms with Crippen LogP contribution in [0.4, 0.5) is 0 Å². The van der Waals surface area contributed by atoms with Crippen molar-refractivity contribution in [3.05, 3.63) is 57.6 Å². The van der Waals surface area contributed by atoms with Gasteiger partial charge in [-0.1, -0.05) is 67.5 Å². The van der Waals surface area contributed by atoms with E-state index in [1.807, 2.05) is 12.4 Å². The monoisotopic (exact) mass is 765 g/mol. The number of hydrogen-bond donors (Lipinski definition) is 2. The minimum atomic E-state index is -1.08. The Morgan fingerprint density at radius 1 is 0.635 bits per heavy atom. The molecule has 0 heterocycles. The minimum absolute atomic E-state index is 0. The zero-order chi connectivity index (χ0) is 38.7. The molecular weight excluding hydrogens is 699 g/mol. The third kappa shape index (κ3) is 21.4. The van der Waals surface area contributed by atoms with Crippen LogP contribution in [0.5, 0.6) is 11.5 Å².